The Hall–Kier alpha value is -1.79. The van der Waals surface area contributed by atoms with Gasteiger partial charge in [-0.05, 0) is 31.9 Å². The highest BCUT2D eigenvalue weighted by Crippen LogP contribution is 2.40. The van der Waals surface area contributed by atoms with E-state index >= 15 is 0 Å². The molecule has 2 heterocycles. The lowest BCUT2D eigenvalue weighted by Crippen LogP contribution is -2.45. The first-order valence-electron chi connectivity index (χ1n) is 9.80. The summed E-state index contributed by atoms with van der Waals surface area (Å²) in [5, 5.41) is 0. The minimum absolute atomic E-state index is 0.223. The smallest absolute Gasteiger partial charge is 0.224 e. The predicted molar refractivity (Wildman–Crippen MR) is 104 cm³/mol. The molecule has 27 heavy (non-hydrogen) atoms. The molecule has 3 rings (SSSR count). The van der Waals surface area contributed by atoms with E-state index in [0.717, 1.165) is 56.2 Å². The average Bonchev–Trinajstić information content (AvgIpc) is 3.09. The zero-order chi connectivity index (χ0) is 19.3. The van der Waals surface area contributed by atoms with Gasteiger partial charge in [-0.1, -0.05) is 12.1 Å². The Kier molecular flexibility index (Phi) is 6.60. The van der Waals surface area contributed by atoms with Crippen LogP contribution in [0.3, 0.4) is 0 Å². The molecule has 0 unspecified atom stereocenters. The molecular formula is C21H32N2O4. The van der Waals surface area contributed by atoms with Gasteiger partial charge in [0.1, 0.15) is 0 Å². The molecule has 6 nitrogen and oxygen atoms in total. The Morgan fingerprint density at radius 2 is 1.96 bits per heavy atom. The molecule has 0 radical (unpaired) electrons. The maximum Gasteiger partial charge on any atom is 0.224 e. The number of carbonyl (C=O) groups excluding carboxylic acids is 1. The number of amides is 1. The lowest BCUT2D eigenvalue weighted by atomic mass is 9.79. The van der Waals surface area contributed by atoms with Gasteiger partial charge in [0.05, 0.1) is 27.2 Å². The van der Waals surface area contributed by atoms with Gasteiger partial charge in [0.15, 0.2) is 11.5 Å². The molecule has 2 fully saturated rings. The van der Waals surface area contributed by atoms with Gasteiger partial charge in [0, 0.05) is 44.3 Å². The van der Waals surface area contributed by atoms with E-state index in [1.165, 1.54) is 12.8 Å². The van der Waals surface area contributed by atoms with Gasteiger partial charge in [-0.2, -0.15) is 0 Å². The average molecular weight is 376 g/mol. The van der Waals surface area contributed by atoms with E-state index in [2.05, 4.69) is 11.0 Å². The van der Waals surface area contributed by atoms with Crippen LogP contribution in [0.5, 0.6) is 11.5 Å². The number of piperidine rings is 1. The second-order valence-corrected chi connectivity index (χ2v) is 7.77. The topological polar surface area (TPSA) is 51.2 Å². The summed E-state index contributed by atoms with van der Waals surface area (Å²) >= 11 is 0. The van der Waals surface area contributed by atoms with Crippen molar-refractivity contribution in [2.24, 2.45) is 5.41 Å². The van der Waals surface area contributed by atoms with E-state index in [9.17, 15) is 4.79 Å². The monoisotopic (exact) mass is 376 g/mol. The van der Waals surface area contributed by atoms with Crippen LogP contribution in [0.15, 0.2) is 18.2 Å². The second kappa shape index (κ2) is 8.93. The molecule has 6 heteroatoms. The van der Waals surface area contributed by atoms with Crippen LogP contribution < -0.4 is 9.47 Å². The normalized spacial score (nSPS) is 23.0. The van der Waals surface area contributed by atoms with Gasteiger partial charge in [0.25, 0.3) is 0 Å². The van der Waals surface area contributed by atoms with E-state index in [1.807, 2.05) is 17.0 Å². The lowest BCUT2D eigenvalue weighted by molar-refractivity contribution is -0.131. The SMILES string of the molecule is COCCC(=O)N1CC[C@@]2(CCCN(Cc3cccc(OC)c3OC)C2)C1. The Labute approximate surface area is 162 Å². The maximum atomic E-state index is 12.4. The predicted octanol–water partition coefficient (Wildman–Crippen LogP) is 2.55. The quantitative estimate of drug-likeness (QED) is 0.732. The number of hydrogen-bond acceptors (Lipinski definition) is 5. The van der Waals surface area contributed by atoms with Gasteiger partial charge in [-0.15, -0.1) is 0 Å². The molecular weight excluding hydrogens is 344 g/mol. The van der Waals surface area contributed by atoms with Crippen LogP contribution in [-0.2, 0) is 16.1 Å². The number of hydrogen-bond donors (Lipinski definition) is 0. The number of rotatable bonds is 7. The molecule has 1 atom stereocenters. The Morgan fingerprint density at radius 1 is 1.11 bits per heavy atom. The molecule has 1 amide bonds. The summed E-state index contributed by atoms with van der Waals surface area (Å²) in [7, 11) is 5.01. The first-order chi connectivity index (χ1) is 13.1. The molecule has 1 aromatic carbocycles. The molecule has 0 aromatic heterocycles. The lowest BCUT2D eigenvalue weighted by Gasteiger charge is -2.40. The van der Waals surface area contributed by atoms with Crippen molar-refractivity contribution < 1.29 is 19.0 Å². The molecule has 0 bridgehead atoms. The molecule has 1 spiro atoms. The van der Waals surface area contributed by atoms with Gasteiger partial charge < -0.3 is 19.1 Å². The van der Waals surface area contributed by atoms with E-state index in [-0.39, 0.29) is 11.3 Å². The third-order valence-electron chi connectivity index (χ3n) is 5.93. The van der Waals surface area contributed by atoms with E-state index in [4.69, 9.17) is 14.2 Å². The number of benzene rings is 1. The first kappa shape index (κ1) is 20.0. The zero-order valence-electron chi connectivity index (χ0n) is 16.8. The Bertz CT molecular complexity index is 651. The highest BCUT2D eigenvalue weighted by Gasteiger charge is 2.42. The molecule has 1 aromatic rings. The summed E-state index contributed by atoms with van der Waals surface area (Å²) < 4.78 is 16.1. The van der Waals surface area contributed by atoms with Crippen molar-refractivity contribution in [3.8, 4) is 11.5 Å². The number of methoxy groups -OCH3 is 3. The van der Waals surface area contributed by atoms with Crippen molar-refractivity contribution in [1.29, 1.82) is 0 Å². The van der Waals surface area contributed by atoms with Crippen LogP contribution >= 0.6 is 0 Å². The van der Waals surface area contributed by atoms with Crippen molar-refractivity contribution in [2.75, 3.05) is 54.1 Å². The summed E-state index contributed by atoms with van der Waals surface area (Å²) in [6, 6.07) is 6.06. The molecule has 2 aliphatic rings. The summed E-state index contributed by atoms with van der Waals surface area (Å²) in [4.78, 5) is 16.9. The largest absolute Gasteiger partial charge is 0.493 e. The standard InChI is InChI=1S/C21H32N2O4/c1-25-13-8-19(24)23-12-10-21(16-23)9-5-11-22(15-21)14-17-6-4-7-18(26-2)20(17)27-3/h4,6-7H,5,8-16H2,1-3H3/t21-/m1/s1. The Morgan fingerprint density at radius 3 is 2.70 bits per heavy atom. The van der Waals surface area contributed by atoms with Gasteiger partial charge >= 0.3 is 0 Å². The highest BCUT2D eigenvalue weighted by molar-refractivity contribution is 5.76. The second-order valence-electron chi connectivity index (χ2n) is 7.77. The van der Waals surface area contributed by atoms with Crippen LogP contribution in [0.25, 0.3) is 0 Å². The molecule has 2 aliphatic heterocycles. The van der Waals surface area contributed by atoms with E-state index in [0.29, 0.717) is 13.0 Å². The van der Waals surface area contributed by atoms with Crippen LogP contribution in [0, 0.1) is 5.41 Å². The van der Waals surface area contributed by atoms with Crippen LogP contribution in [-0.4, -0.2) is 69.8 Å². The minimum atomic E-state index is 0.223. The Balaban J connectivity index is 1.64. The zero-order valence-corrected chi connectivity index (χ0v) is 16.8. The summed E-state index contributed by atoms with van der Waals surface area (Å²) in [5.41, 5.74) is 1.38. The van der Waals surface area contributed by atoms with Gasteiger partial charge in [-0.3, -0.25) is 9.69 Å². The fourth-order valence-electron chi connectivity index (χ4n) is 4.59. The number of nitrogens with zero attached hydrogens (tertiary/aromatic N) is 2. The van der Waals surface area contributed by atoms with E-state index in [1.54, 1.807) is 21.3 Å². The molecule has 2 saturated heterocycles. The van der Waals surface area contributed by atoms with Crippen molar-refractivity contribution in [1.82, 2.24) is 9.80 Å². The number of ether oxygens (including phenoxy) is 3. The van der Waals surface area contributed by atoms with Crippen LogP contribution in [0.2, 0.25) is 0 Å². The fourth-order valence-corrected chi connectivity index (χ4v) is 4.59. The van der Waals surface area contributed by atoms with Crippen molar-refractivity contribution in [3.63, 3.8) is 0 Å². The molecule has 0 aliphatic carbocycles. The van der Waals surface area contributed by atoms with Gasteiger partial charge in [-0.25, -0.2) is 0 Å². The van der Waals surface area contributed by atoms with Gasteiger partial charge in [0.2, 0.25) is 5.91 Å². The number of carbonyl (C=O) groups is 1. The van der Waals surface area contributed by atoms with Crippen LogP contribution in [0.1, 0.15) is 31.2 Å². The van der Waals surface area contributed by atoms with Crippen LogP contribution in [0.4, 0.5) is 0 Å². The third-order valence-corrected chi connectivity index (χ3v) is 5.93. The third kappa shape index (κ3) is 4.55. The summed E-state index contributed by atoms with van der Waals surface area (Å²) in [6.07, 6.45) is 3.95. The molecule has 0 N–H and O–H groups in total. The van der Waals surface area contributed by atoms with Crippen molar-refractivity contribution in [2.45, 2.75) is 32.2 Å². The summed E-state index contributed by atoms with van der Waals surface area (Å²) in [5.74, 6) is 1.82. The van der Waals surface area contributed by atoms with Crippen molar-refractivity contribution in [3.05, 3.63) is 23.8 Å². The fraction of sp³-hybridized carbons (Fsp3) is 0.667. The van der Waals surface area contributed by atoms with Crippen molar-refractivity contribution >= 4 is 5.91 Å². The number of para-hydroxylation sites is 1. The van der Waals surface area contributed by atoms with E-state index < -0.39 is 0 Å². The summed E-state index contributed by atoms with van der Waals surface area (Å²) in [6.45, 7) is 5.21. The maximum absolute atomic E-state index is 12.4. The highest BCUT2D eigenvalue weighted by atomic mass is 16.5. The number of likely N-dealkylation sites (tertiary alicyclic amines) is 2. The molecule has 150 valence electrons. The molecule has 0 saturated carbocycles. The minimum Gasteiger partial charge on any atom is -0.493 e. The first-order valence-corrected chi connectivity index (χ1v) is 9.80.